The quantitative estimate of drug-likeness (QED) is 0.521. The molecule has 0 aromatic heterocycles. The fraction of sp³-hybridized carbons (Fsp3) is 0.133. The van der Waals surface area contributed by atoms with E-state index in [9.17, 15) is 4.79 Å². The molecular formula is C15H14N4O2. The Hall–Kier alpha value is -2.98. The molecular weight excluding hydrogens is 268 g/mol. The molecule has 0 saturated carbocycles. The molecule has 0 aliphatic rings. The highest BCUT2D eigenvalue weighted by atomic mass is 16.4. The van der Waals surface area contributed by atoms with Gasteiger partial charge in [0, 0.05) is 30.4 Å². The lowest BCUT2D eigenvalue weighted by Gasteiger charge is -2.15. The molecule has 6 nitrogen and oxygen atoms in total. The molecule has 21 heavy (non-hydrogen) atoms. The van der Waals surface area contributed by atoms with Crippen LogP contribution in [0.1, 0.15) is 10.4 Å². The van der Waals surface area contributed by atoms with E-state index in [2.05, 4.69) is 10.0 Å². The zero-order valence-electron chi connectivity index (χ0n) is 11.7. The fourth-order valence-electron chi connectivity index (χ4n) is 1.97. The summed E-state index contributed by atoms with van der Waals surface area (Å²) in [5, 5.41) is 12.6. The minimum Gasteiger partial charge on any atom is -0.478 e. The summed E-state index contributed by atoms with van der Waals surface area (Å²) < 4.78 is 0. The number of carbonyl (C=O) groups is 1. The van der Waals surface area contributed by atoms with Gasteiger partial charge < -0.3 is 10.0 Å². The summed E-state index contributed by atoms with van der Waals surface area (Å²) in [6, 6.07) is 12.0. The van der Waals surface area contributed by atoms with Crippen LogP contribution in [0.25, 0.3) is 21.6 Å². The number of hydrogen-bond acceptors (Lipinski definition) is 3. The van der Waals surface area contributed by atoms with Gasteiger partial charge in [-0.05, 0) is 40.9 Å². The molecule has 0 saturated heterocycles. The number of anilines is 1. The highest BCUT2D eigenvalue weighted by Gasteiger charge is 2.08. The molecule has 1 N–H and O–H groups in total. The van der Waals surface area contributed by atoms with Crippen LogP contribution in [0.15, 0.2) is 47.6 Å². The zero-order chi connectivity index (χ0) is 15.4. The minimum atomic E-state index is -0.972. The molecule has 106 valence electrons. The summed E-state index contributed by atoms with van der Waals surface area (Å²) in [6.45, 7) is 0. The molecule has 0 radical (unpaired) electrons. The number of nitrogens with zero attached hydrogens (tertiary/aromatic N) is 4. The number of azide groups is 1. The highest BCUT2D eigenvalue weighted by Crippen LogP contribution is 2.33. The average molecular weight is 282 g/mol. The Bertz CT molecular complexity index is 717. The molecule has 0 bridgehead atoms. The van der Waals surface area contributed by atoms with Crippen molar-refractivity contribution in [2.45, 2.75) is 0 Å². The molecule has 0 atom stereocenters. The Kier molecular flexibility index (Phi) is 4.11. The molecule has 0 spiro atoms. The van der Waals surface area contributed by atoms with Gasteiger partial charge in [-0.1, -0.05) is 23.3 Å². The van der Waals surface area contributed by atoms with Crippen LogP contribution in [0.3, 0.4) is 0 Å². The first-order chi connectivity index (χ1) is 10.0. The maximum Gasteiger partial charge on any atom is 0.335 e. The summed E-state index contributed by atoms with van der Waals surface area (Å²) in [6.07, 6.45) is 0. The van der Waals surface area contributed by atoms with E-state index >= 15 is 0 Å². The third-order valence-corrected chi connectivity index (χ3v) is 3.09. The number of hydrogen-bond donors (Lipinski definition) is 1. The molecule has 0 heterocycles. The molecule has 0 amide bonds. The van der Waals surface area contributed by atoms with Crippen LogP contribution in [-0.4, -0.2) is 25.2 Å². The topological polar surface area (TPSA) is 89.3 Å². The van der Waals surface area contributed by atoms with E-state index in [0.717, 1.165) is 16.8 Å². The largest absolute Gasteiger partial charge is 0.478 e. The van der Waals surface area contributed by atoms with Crippen LogP contribution in [0, 0.1) is 0 Å². The Morgan fingerprint density at radius 3 is 2.38 bits per heavy atom. The van der Waals surface area contributed by atoms with Gasteiger partial charge in [-0.15, -0.1) is 0 Å². The predicted octanol–water partition coefficient (Wildman–Crippen LogP) is 4.06. The van der Waals surface area contributed by atoms with Crippen LogP contribution in [0.4, 0.5) is 11.4 Å². The van der Waals surface area contributed by atoms with Gasteiger partial charge in [-0.3, -0.25) is 0 Å². The summed E-state index contributed by atoms with van der Waals surface area (Å²) in [5.74, 6) is -0.972. The van der Waals surface area contributed by atoms with Gasteiger partial charge in [0.15, 0.2) is 0 Å². The average Bonchev–Trinajstić information content (AvgIpc) is 2.47. The lowest BCUT2D eigenvalue weighted by atomic mass is 10.0. The monoisotopic (exact) mass is 282 g/mol. The molecule has 0 aliphatic heterocycles. The molecule has 6 heteroatoms. The first-order valence-electron chi connectivity index (χ1n) is 6.23. The van der Waals surface area contributed by atoms with E-state index < -0.39 is 5.97 Å². The molecule has 2 aromatic carbocycles. The SMILES string of the molecule is CN(C)c1ccc(-c2ccc(C(=O)O)cc2)c(N=[N+]=[N-])c1. The summed E-state index contributed by atoms with van der Waals surface area (Å²) in [7, 11) is 3.80. The Balaban J connectivity index is 2.52. The smallest absolute Gasteiger partial charge is 0.335 e. The Morgan fingerprint density at radius 2 is 1.86 bits per heavy atom. The van der Waals surface area contributed by atoms with E-state index in [-0.39, 0.29) is 5.56 Å². The first-order valence-corrected chi connectivity index (χ1v) is 6.23. The van der Waals surface area contributed by atoms with Gasteiger partial charge in [0.1, 0.15) is 0 Å². The molecule has 0 unspecified atom stereocenters. The second kappa shape index (κ2) is 5.98. The van der Waals surface area contributed by atoms with Crippen molar-refractivity contribution in [3.63, 3.8) is 0 Å². The lowest BCUT2D eigenvalue weighted by molar-refractivity contribution is 0.0697. The van der Waals surface area contributed by atoms with E-state index in [1.165, 1.54) is 12.1 Å². The van der Waals surface area contributed by atoms with E-state index in [1.807, 2.05) is 31.1 Å². The van der Waals surface area contributed by atoms with Crippen LogP contribution < -0.4 is 4.90 Å². The fourth-order valence-corrected chi connectivity index (χ4v) is 1.97. The van der Waals surface area contributed by atoms with Crippen LogP contribution in [-0.2, 0) is 0 Å². The summed E-state index contributed by atoms with van der Waals surface area (Å²) in [4.78, 5) is 15.6. The van der Waals surface area contributed by atoms with E-state index in [1.54, 1.807) is 18.2 Å². The highest BCUT2D eigenvalue weighted by molar-refractivity contribution is 5.89. The summed E-state index contributed by atoms with van der Waals surface area (Å²) >= 11 is 0. The van der Waals surface area contributed by atoms with Crippen LogP contribution in [0.5, 0.6) is 0 Å². The molecule has 0 aliphatic carbocycles. The maximum absolute atomic E-state index is 10.9. The Labute approximate surface area is 121 Å². The number of carboxylic acid groups (broad SMARTS) is 1. The van der Waals surface area contributed by atoms with Crippen molar-refractivity contribution in [2.24, 2.45) is 5.11 Å². The molecule has 2 aromatic rings. The van der Waals surface area contributed by atoms with Gasteiger partial charge in [-0.2, -0.15) is 0 Å². The molecule has 2 rings (SSSR count). The van der Waals surface area contributed by atoms with Crippen molar-refractivity contribution < 1.29 is 9.90 Å². The van der Waals surface area contributed by atoms with Crippen molar-refractivity contribution in [1.82, 2.24) is 0 Å². The number of rotatable bonds is 4. The van der Waals surface area contributed by atoms with Crippen LogP contribution >= 0.6 is 0 Å². The maximum atomic E-state index is 10.9. The first kappa shape index (κ1) is 14.4. The second-order valence-corrected chi connectivity index (χ2v) is 4.67. The standard InChI is InChI=1S/C15H14N4O2/c1-19(2)12-7-8-13(14(9-12)17-18-16)10-3-5-11(6-4-10)15(20)21/h3-9H,1-2H3,(H,20,21). The van der Waals surface area contributed by atoms with E-state index in [4.69, 9.17) is 10.6 Å². The predicted molar refractivity (Wildman–Crippen MR) is 82.0 cm³/mol. The number of aromatic carboxylic acids is 1. The van der Waals surface area contributed by atoms with Crippen molar-refractivity contribution >= 4 is 17.3 Å². The minimum absolute atomic E-state index is 0.217. The van der Waals surface area contributed by atoms with Gasteiger partial charge >= 0.3 is 5.97 Å². The van der Waals surface area contributed by atoms with Crippen molar-refractivity contribution in [2.75, 3.05) is 19.0 Å². The second-order valence-electron chi connectivity index (χ2n) is 4.67. The zero-order valence-corrected chi connectivity index (χ0v) is 11.7. The number of benzene rings is 2. The van der Waals surface area contributed by atoms with Gasteiger partial charge in [0.05, 0.1) is 5.56 Å². The van der Waals surface area contributed by atoms with Gasteiger partial charge in [0.25, 0.3) is 0 Å². The van der Waals surface area contributed by atoms with Crippen LogP contribution in [0.2, 0.25) is 0 Å². The third kappa shape index (κ3) is 3.13. The molecule has 0 fully saturated rings. The van der Waals surface area contributed by atoms with Crippen molar-refractivity contribution in [3.8, 4) is 11.1 Å². The lowest BCUT2D eigenvalue weighted by Crippen LogP contribution is -2.08. The summed E-state index contributed by atoms with van der Waals surface area (Å²) in [5.41, 5.74) is 11.9. The van der Waals surface area contributed by atoms with Gasteiger partial charge in [-0.25, -0.2) is 4.79 Å². The normalized spacial score (nSPS) is 9.81. The van der Waals surface area contributed by atoms with Crippen molar-refractivity contribution in [3.05, 3.63) is 58.5 Å². The van der Waals surface area contributed by atoms with Gasteiger partial charge in [0.2, 0.25) is 0 Å². The Morgan fingerprint density at radius 1 is 1.19 bits per heavy atom. The third-order valence-electron chi connectivity index (χ3n) is 3.09. The van der Waals surface area contributed by atoms with Crippen molar-refractivity contribution in [1.29, 1.82) is 0 Å². The number of carboxylic acids is 1. The van der Waals surface area contributed by atoms with E-state index in [0.29, 0.717) is 5.69 Å².